The van der Waals surface area contributed by atoms with E-state index in [0.29, 0.717) is 77.8 Å². The minimum Gasteiger partial charge on any atom is -0.464 e. The molecule has 1 aliphatic carbocycles. The number of cyclic esters (lactones) is 1. The highest BCUT2D eigenvalue weighted by Gasteiger charge is 2.48. The van der Waals surface area contributed by atoms with Gasteiger partial charge < -0.3 is 43.4 Å². The van der Waals surface area contributed by atoms with Crippen LogP contribution in [0.25, 0.3) is 33.4 Å². The molecule has 10 heterocycles. The van der Waals surface area contributed by atoms with Gasteiger partial charge in [0.1, 0.15) is 17.1 Å². The normalized spacial score (nSPS) is 27.5. The van der Waals surface area contributed by atoms with E-state index in [1.165, 1.54) is 24.2 Å². The summed E-state index contributed by atoms with van der Waals surface area (Å²) in [4.78, 5) is 64.2. The summed E-state index contributed by atoms with van der Waals surface area (Å²) in [6, 6.07) is 7.31. The fourth-order valence-corrected chi connectivity index (χ4v) is 14.1. The van der Waals surface area contributed by atoms with Crippen molar-refractivity contribution in [3.05, 3.63) is 52.1 Å². The van der Waals surface area contributed by atoms with Crippen LogP contribution in [-0.4, -0.2) is 182 Å². The number of thiazole rings is 1. The first kappa shape index (κ1) is 52.0. The maximum absolute atomic E-state index is 15.3. The number of nitrogens with one attached hydrogen (secondary N) is 2. The zero-order valence-electron chi connectivity index (χ0n) is 45.0. The van der Waals surface area contributed by atoms with Crippen LogP contribution in [0.2, 0.25) is 0 Å². The number of hydrogen-bond acceptors (Lipinski definition) is 15. The quantitative estimate of drug-likeness (QED) is 0.155. The fraction of sp³-hybridized carbons (Fsp3) is 0.667. The lowest BCUT2D eigenvalue weighted by molar-refractivity contribution is -0.155. The molecule has 6 saturated heterocycles. The smallest absolute Gasteiger partial charge is 0.324 e. The summed E-state index contributed by atoms with van der Waals surface area (Å²) in [7, 11) is 1.75. The zero-order chi connectivity index (χ0) is 52.1. The predicted molar refractivity (Wildman–Crippen MR) is 290 cm³/mol. The average molecular weight is 1060 g/mol. The highest BCUT2D eigenvalue weighted by Crippen LogP contribution is 2.44. The number of carbonyl (C=O) groups excluding carboxylic acids is 3. The van der Waals surface area contributed by atoms with Gasteiger partial charge in [-0.3, -0.25) is 29.4 Å². The number of anilines is 1. The zero-order valence-corrected chi connectivity index (χ0v) is 45.8. The highest BCUT2D eigenvalue weighted by atomic mass is 32.1. The number of aromatic nitrogens is 3. The van der Waals surface area contributed by atoms with Crippen molar-refractivity contribution in [1.82, 2.24) is 45.0 Å². The lowest BCUT2D eigenvalue weighted by Gasteiger charge is -2.50. The van der Waals surface area contributed by atoms with Gasteiger partial charge in [0.25, 0.3) is 5.91 Å². The molecule has 6 atom stereocenters. The van der Waals surface area contributed by atoms with Crippen molar-refractivity contribution in [2.45, 2.75) is 134 Å². The molecular formula is C57H78N10O8S. The van der Waals surface area contributed by atoms with Crippen LogP contribution in [0.5, 0.6) is 0 Å². The Morgan fingerprint density at radius 2 is 1.75 bits per heavy atom. The summed E-state index contributed by atoms with van der Waals surface area (Å²) in [5, 5.41) is 8.81. The molecule has 8 aliphatic rings. The van der Waals surface area contributed by atoms with E-state index in [0.717, 1.165) is 133 Å². The minimum absolute atomic E-state index is 0.0777. The van der Waals surface area contributed by atoms with Crippen molar-refractivity contribution in [2.24, 2.45) is 11.3 Å². The molecule has 76 heavy (non-hydrogen) atoms. The second-order valence-corrected chi connectivity index (χ2v) is 24.3. The Morgan fingerprint density at radius 1 is 0.947 bits per heavy atom. The van der Waals surface area contributed by atoms with Crippen LogP contribution in [0.3, 0.4) is 0 Å². The van der Waals surface area contributed by atoms with E-state index in [9.17, 15) is 9.59 Å². The standard InChI is InChI=1S/C57H78N10O8S/c1-36(71-4)49-43(29-40(31-58-49)63-21-19-62(20-22-63)39-10-11-39)51-44-30-57(2,3)35-75-55(69)45-8-7-18-67(61-45)54(68)50(60-56(70)66-32-38-33-73-26-15-47(38)66)52(64-16-5-6-17-64)53-59-46(34-76-53)37-9-12-48(42(44)28-37)65(51)23-27-74-41-13-24-72-25-14-41/h9,12,28-29,31,34,36,38-39,41,45,47,50,52,61H,5-8,10-11,13-27,30,32-33,35H2,1-4H3,(H,60,70)/t36-,38+,45-,47-,50-,52-/m0/s1. The molecule has 410 valence electrons. The van der Waals surface area contributed by atoms with Gasteiger partial charge in [0, 0.05) is 124 Å². The Bertz CT molecular complexity index is 2740. The van der Waals surface area contributed by atoms with Crippen LogP contribution in [0.1, 0.15) is 107 Å². The molecule has 19 heteroatoms. The largest absolute Gasteiger partial charge is 0.464 e. The summed E-state index contributed by atoms with van der Waals surface area (Å²) in [5.74, 6) is -0.389. The first-order valence-electron chi connectivity index (χ1n) is 28.5. The summed E-state index contributed by atoms with van der Waals surface area (Å²) >= 11 is 1.54. The monoisotopic (exact) mass is 1060 g/mol. The van der Waals surface area contributed by atoms with Gasteiger partial charge >= 0.3 is 12.0 Å². The summed E-state index contributed by atoms with van der Waals surface area (Å²) in [5.41, 5.74) is 10.8. The van der Waals surface area contributed by atoms with Gasteiger partial charge in [0.05, 0.1) is 67.0 Å². The molecule has 0 radical (unpaired) electrons. The third-order valence-corrected chi connectivity index (χ3v) is 18.6. The molecular weight excluding hydrogens is 985 g/mol. The third-order valence-electron chi connectivity index (χ3n) is 17.6. The molecule has 4 aromatic rings. The number of fused-ring (bicyclic) bond motifs is 7. The number of ether oxygens (including phenoxy) is 5. The Morgan fingerprint density at radius 3 is 2.53 bits per heavy atom. The Labute approximate surface area is 451 Å². The van der Waals surface area contributed by atoms with Crippen molar-refractivity contribution >= 4 is 45.8 Å². The SMILES string of the molecule is CO[C@@H](C)c1ncc(N2CCN(C3CC3)CC2)cc1-c1c2c3cc(ccc3n1CCOC1CCOCC1)-c1csc(n1)[C@@H](N1CCCC1)[C@H](NC(=O)N1C[C@@H]3COCC[C@@H]31)C(=O)N1CCC[C@H](N1)C(=O)OCC(C)(C)C2. The van der Waals surface area contributed by atoms with Crippen molar-refractivity contribution in [2.75, 3.05) is 104 Å². The first-order chi connectivity index (χ1) is 37.0. The Balaban J connectivity index is 0.989. The van der Waals surface area contributed by atoms with Crippen molar-refractivity contribution in [3.63, 3.8) is 0 Å². The van der Waals surface area contributed by atoms with Crippen LogP contribution < -0.4 is 15.6 Å². The van der Waals surface area contributed by atoms with Crippen LogP contribution >= 0.6 is 11.3 Å². The number of methoxy groups -OCH3 is 1. The van der Waals surface area contributed by atoms with Crippen molar-refractivity contribution in [1.29, 1.82) is 0 Å². The molecule has 1 saturated carbocycles. The number of piperazine rings is 1. The number of carbonyl (C=O) groups is 3. The van der Waals surface area contributed by atoms with E-state index < -0.39 is 29.5 Å². The molecule has 7 fully saturated rings. The molecule has 3 amide bonds. The number of urea groups is 1. The van der Waals surface area contributed by atoms with E-state index in [1.807, 2.05) is 11.1 Å². The second-order valence-electron chi connectivity index (χ2n) is 23.4. The van der Waals surface area contributed by atoms with Gasteiger partial charge in [-0.05, 0) is 108 Å². The molecule has 0 unspecified atom stereocenters. The van der Waals surface area contributed by atoms with Crippen LogP contribution in [-0.2, 0) is 46.2 Å². The van der Waals surface area contributed by atoms with Gasteiger partial charge in [-0.1, -0.05) is 19.9 Å². The number of amides is 3. The second kappa shape index (κ2) is 22.2. The van der Waals surface area contributed by atoms with Gasteiger partial charge in [0.15, 0.2) is 0 Å². The lowest BCUT2D eigenvalue weighted by Crippen LogP contribution is -2.68. The number of esters is 1. The van der Waals surface area contributed by atoms with Crippen molar-refractivity contribution in [3.8, 4) is 22.5 Å². The average Bonchev–Trinajstić information content (AvgIpc) is 3.80. The molecule has 1 aromatic carbocycles. The maximum atomic E-state index is 15.3. The van der Waals surface area contributed by atoms with Crippen LogP contribution in [0, 0.1) is 11.3 Å². The van der Waals surface area contributed by atoms with Gasteiger partial charge in [-0.15, -0.1) is 11.3 Å². The molecule has 7 aliphatic heterocycles. The van der Waals surface area contributed by atoms with E-state index in [-0.39, 0.29) is 36.8 Å². The number of rotatable bonds is 11. The summed E-state index contributed by atoms with van der Waals surface area (Å²) < 4.78 is 33.1. The molecule has 18 nitrogen and oxygen atoms in total. The van der Waals surface area contributed by atoms with Gasteiger partial charge in [0.2, 0.25) is 0 Å². The number of hydrogen-bond donors (Lipinski definition) is 2. The van der Waals surface area contributed by atoms with E-state index >= 15 is 4.79 Å². The Hall–Kier alpha value is -4.73. The maximum Gasteiger partial charge on any atom is 0.324 e. The molecule has 3 aromatic heterocycles. The predicted octanol–water partition coefficient (Wildman–Crippen LogP) is 6.57. The van der Waals surface area contributed by atoms with E-state index in [4.69, 9.17) is 33.7 Å². The van der Waals surface area contributed by atoms with Gasteiger partial charge in [-0.2, -0.15) is 0 Å². The minimum atomic E-state index is -0.979. The molecule has 12 rings (SSSR count). The van der Waals surface area contributed by atoms with Crippen molar-refractivity contribution < 1.29 is 38.1 Å². The number of pyridine rings is 1. The Kier molecular flexibility index (Phi) is 15.2. The first-order valence-corrected chi connectivity index (χ1v) is 29.3. The number of nitrogens with zero attached hydrogens (tertiary/aromatic N) is 8. The number of likely N-dealkylation sites (tertiary alicyclic amines) is 2. The lowest BCUT2D eigenvalue weighted by atomic mass is 9.84. The third kappa shape index (κ3) is 10.6. The topological polar surface area (TPSA) is 168 Å². The van der Waals surface area contributed by atoms with Gasteiger partial charge in [-0.25, -0.2) is 15.2 Å². The molecule has 0 spiro atoms. The summed E-state index contributed by atoms with van der Waals surface area (Å²) in [6.45, 7) is 16.8. The van der Waals surface area contributed by atoms with E-state index in [2.05, 4.69) is 80.4 Å². The number of benzene rings is 1. The highest BCUT2D eigenvalue weighted by molar-refractivity contribution is 7.10. The van der Waals surface area contributed by atoms with Crippen LogP contribution in [0.15, 0.2) is 35.8 Å². The number of hydrazine groups is 1. The van der Waals surface area contributed by atoms with Crippen LogP contribution in [0.4, 0.5) is 10.5 Å². The molecule has 6 bridgehead atoms. The fourth-order valence-electron chi connectivity index (χ4n) is 13.1. The van der Waals surface area contributed by atoms with E-state index in [1.54, 1.807) is 12.1 Å². The summed E-state index contributed by atoms with van der Waals surface area (Å²) in [6.07, 6.45) is 10.6. The molecule has 2 N–H and O–H groups in total.